The fourth-order valence-electron chi connectivity index (χ4n) is 8.32. The van der Waals surface area contributed by atoms with Crippen molar-refractivity contribution in [1.29, 1.82) is 0 Å². The number of anilines is 2. The zero-order valence-corrected chi connectivity index (χ0v) is 38.1. The van der Waals surface area contributed by atoms with Crippen molar-refractivity contribution in [3.05, 3.63) is 107 Å². The molecule has 3 N–H and O–H groups in total. The minimum Gasteiger partial charge on any atom is -0.508 e. The lowest BCUT2D eigenvalue weighted by Gasteiger charge is -2.36. The first-order chi connectivity index (χ1) is 31.8. The highest BCUT2D eigenvalue weighted by Crippen LogP contribution is 2.31. The van der Waals surface area contributed by atoms with Crippen LogP contribution in [0.4, 0.5) is 11.4 Å². The number of unbranched alkanes of at least 4 members (excludes halogenated alkanes) is 2. The van der Waals surface area contributed by atoms with Gasteiger partial charge in [-0.05, 0) is 124 Å². The molecule has 4 aromatic carbocycles. The minimum absolute atomic E-state index is 0.0587. The van der Waals surface area contributed by atoms with Crippen molar-refractivity contribution in [2.75, 3.05) is 123 Å². The van der Waals surface area contributed by atoms with Crippen LogP contribution in [0.2, 0.25) is 0 Å². The zero-order valence-electron chi connectivity index (χ0n) is 38.1. The van der Waals surface area contributed by atoms with E-state index in [1.165, 1.54) is 5.69 Å². The zero-order chi connectivity index (χ0) is 45.4. The monoisotopic (exact) mass is 888 g/mol. The number of nitrogens with one attached hydrogen (secondary N) is 2. The van der Waals surface area contributed by atoms with Gasteiger partial charge in [0.05, 0.1) is 32.5 Å². The molecular weight excluding hydrogens is 825 g/mol. The van der Waals surface area contributed by atoms with Crippen LogP contribution in [0.15, 0.2) is 96.1 Å². The van der Waals surface area contributed by atoms with E-state index >= 15 is 0 Å². The van der Waals surface area contributed by atoms with E-state index in [2.05, 4.69) is 42.4 Å². The van der Waals surface area contributed by atoms with E-state index in [-0.39, 0.29) is 18.4 Å². The van der Waals surface area contributed by atoms with Crippen LogP contribution >= 0.6 is 0 Å². The second-order valence-electron chi connectivity index (χ2n) is 16.5. The average molecular weight is 889 g/mol. The normalized spacial score (nSPS) is 15.9. The Balaban J connectivity index is 0.000000194. The van der Waals surface area contributed by atoms with Crippen LogP contribution in [-0.4, -0.2) is 140 Å². The molecule has 0 saturated carbocycles. The minimum atomic E-state index is -0.0711. The quantitative estimate of drug-likeness (QED) is 0.106. The Morgan fingerprint density at radius 1 is 0.554 bits per heavy atom. The number of hydrogen-bond donors (Lipinski definition) is 3. The molecule has 8 rings (SSSR count). The van der Waals surface area contributed by atoms with Crippen LogP contribution in [-0.2, 0) is 9.59 Å². The van der Waals surface area contributed by atoms with Crippen LogP contribution in [0, 0.1) is 0 Å². The number of nitrogens with zero attached hydrogens (tertiary/aromatic N) is 4. The Bertz CT molecular complexity index is 2250. The van der Waals surface area contributed by atoms with Gasteiger partial charge in [-0.3, -0.25) is 19.4 Å². The van der Waals surface area contributed by atoms with Crippen LogP contribution in [0.1, 0.15) is 36.8 Å². The number of piperazine rings is 2. The summed E-state index contributed by atoms with van der Waals surface area (Å²) in [5.41, 5.74) is 5.35. The summed E-state index contributed by atoms with van der Waals surface area (Å²) in [5, 5.41) is 15.7. The number of benzene rings is 4. The van der Waals surface area contributed by atoms with Gasteiger partial charge in [0, 0.05) is 94.0 Å². The van der Waals surface area contributed by atoms with Crippen LogP contribution in [0.5, 0.6) is 34.5 Å². The molecule has 0 unspecified atom stereocenters. The van der Waals surface area contributed by atoms with Crippen molar-refractivity contribution in [2.45, 2.75) is 25.7 Å². The number of phenolic OH excluding ortho intramolecular Hbond substituents is 1. The molecule has 2 amide bonds. The second-order valence-corrected chi connectivity index (χ2v) is 16.5. The molecule has 2 fully saturated rings. The molecule has 2 saturated heterocycles. The fourth-order valence-corrected chi connectivity index (χ4v) is 8.32. The third kappa shape index (κ3) is 13.3. The Morgan fingerprint density at radius 2 is 1.02 bits per heavy atom. The maximum Gasteiger partial charge on any atom is 0.250 e. The lowest BCUT2D eigenvalue weighted by molar-refractivity contribution is -0.118. The number of carbonyl (C=O) groups is 2. The van der Waals surface area contributed by atoms with Gasteiger partial charge >= 0.3 is 0 Å². The Kier molecular flexibility index (Phi) is 16.9. The highest BCUT2D eigenvalue weighted by atomic mass is 16.5. The molecule has 65 heavy (non-hydrogen) atoms. The molecule has 0 radical (unpaired) electrons. The second kappa shape index (κ2) is 23.5. The summed E-state index contributed by atoms with van der Waals surface area (Å²) in [7, 11) is 4.94. The summed E-state index contributed by atoms with van der Waals surface area (Å²) in [6, 6.07) is 26.9. The van der Waals surface area contributed by atoms with E-state index in [0.29, 0.717) is 36.6 Å². The van der Waals surface area contributed by atoms with Gasteiger partial charge in [0.25, 0.3) is 11.8 Å². The largest absolute Gasteiger partial charge is 0.508 e. The van der Waals surface area contributed by atoms with E-state index in [1.54, 1.807) is 27.4 Å². The molecule has 0 atom stereocenters. The predicted octanol–water partition coefficient (Wildman–Crippen LogP) is 6.09. The van der Waals surface area contributed by atoms with Gasteiger partial charge in [-0.1, -0.05) is 6.07 Å². The van der Waals surface area contributed by atoms with Crippen molar-refractivity contribution >= 4 is 35.3 Å². The molecule has 4 aliphatic rings. The van der Waals surface area contributed by atoms with E-state index in [1.807, 2.05) is 78.9 Å². The summed E-state index contributed by atoms with van der Waals surface area (Å²) in [6.45, 7) is 12.1. The Morgan fingerprint density at radius 3 is 1.48 bits per heavy atom. The summed E-state index contributed by atoms with van der Waals surface area (Å²) < 4.78 is 27.2. The maximum absolute atomic E-state index is 12.5. The van der Waals surface area contributed by atoms with Crippen molar-refractivity contribution in [2.24, 2.45) is 0 Å². The molecule has 0 spiro atoms. The first-order valence-electron chi connectivity index (χ1n) is 22.8. The third-order valence-corrected chi connectivity index (χ3v) is 12.2. The molecule has 14 nitrogen and oxygen atoms in total. The summed E-state index contributed by atoms with van der Waals surface area (Å²) in [6.07, 6.45) is 7.78. The van der Waals surface area contributed by atoms with Crippen LogP contribution in [0.3, 0.4) is 0 Å². The molecule has 4 aromatic rings. The SMILES string of the molecule is COc1ccc(N2CCN(CCCCNC(=O)C3=Cc4cc(OC)ccc4OC3)CC2)cc1.COc1ccc2c(c1)C=C(C(=O)NCCCCN1CCN(c3cccc(O)c3)CC1)CO2. The number of phenols is 1. The Hall–Kier alpha value is -6.38. The number of aromatic hydroxyl groups is 1. The van der Waals surface area contributed by atoms with Gasteiger partial charge in [0.2, 0.25) is 0 Å². The maximum atomic E-state index is 12.5. The molecule has 4 heterocycles. The standard InChI is InChI=1S/C26H33N3O4.C25H31N3O4/c1-31-23-7-5-22(6-8-23)29-15-13-28(14-16-29)12-4-3-11-27-26(30)21-17-20-18-24(32-2)9-10-25(20)33-19-21;1-31-23-7-8-24-19(16-23)15-20(18-32-24)25(30)26-9-2-3-10-27-11-13-28(14-12-27)21-5-4-6-22(29)17-21/h5-10,17-18H,3-4,11-16,19H2,1-2H3,(H,27,30);4-8,15-17,29H,2-3,9-14,18H2,1H3,(H,26,30). The number of amides is 2. The van der Waals surface area contributed by atoms with Gasteiger partial charge in [-0.2, -0.15) is 0 Å². The topological polar surface area (TPSA) is 138 Å². The molecule has 14 heteroatoms. The predicted molar refractivity (Wildman–Crippen MR) is 256 cm³/mol. The highest BCUT2D eigenvalue weighted by Gasteiger charge is 2.21. The van der Waals surface area contributed by atoms with E-state index in [4.69, 9.17) is 23.7 Å². The summed E-state index contributed by atoms with van der Waals surface area (Å²) >= 11 is 0. The van der Waals surface area contributed by atoms with Crippen molar-refractivity contribution in [3.63, 3.8) is 0 Å². The number of hydrogen-bond acceptors (Lipinski definition) is 12. The van der Waals surface area contributed by atoms with Crippen molar-refractivity contribution in [1.82, 2.24) is 20.4 Å². The van der Waals surface area contributed by atoms with E-state index in [9.17, 15) is 14.7 Å². The number of rotatable bonds is 17. The lowest BCUT2D eigenvalue weighted by atomic mass is 10.1. The van der Waals surface area contributed by atoms with Gasteiger partial charge < -0.3 is 49.2 Å². The fraction of sp³-hybridized carbons (Fsp3) is 0.412. The summed E-state index contributed by atoms with van der Waals surface area (Å²) in [4.78, 5) is 34.7. The van der Waals surface area contributed by atoms with Gasteiger partial charge in [-0.25, -0.2) is 0 Å². The number of fused-ring (bicyclic) bond motifs is 2. The average Bonchev–Trinajstić information content (AvgIpc) is 3.36. The number of methoxy groups -OCH3 is 3. The molecule has 0 aliphatic carbocycles. The molecule has 0 bridgehead atoms. The van der Waals surface area contributed by atoms with Crippen molar-refractivity contribution in [3.8, 4) is 34.5 Å². The van der Waals surface area contributed by atoms with Gasteiger partial charge in [0.15, 0.2) is 0 Å². The first-order valence-corrected chi connectivity index (χ1v) is 22.8. The molecule has 4 aliphatic heterocycles. The highest BCUT2D eigenvalue weighted by molar-refractivity contribution is 5.99. The summed E-state index contributed by atoms with van der Waals surface area (Å²) in [5.74, 6) is 4.11. The van der Waals surface area contributed by atoms with E-state index in [0.717, 1.165) is 137 Å². The van der Waals surface area contributed by atoms with Crippen molar-refractivity contribution < 1.29 is 38.4 Å². The van der Waals surface area contributed by atoms with Crippen LogP contribution in [0.25, 0.3) is 12.2 Å². The van der Waals surface area contributed by atoms with Gasteiger partial charge in [0.1, 0.15) is 47.7 Å². The van der Waals surface area contributed by atoms with E-state index < -0.39 is 0 Å². The van der Waals surface area contributed by atoms with Crippen LogP contribution < -0.4 is 44.1 Å². The lowest BCUT2D eigenvalue weighted by Crippen LogP contribution is -2.46. The molecule has 346 valence electrons. The Labute approximate surface area is 383 Å². The molecule has 0 aromatic heterocycles. The first kappa shape index (κ1) is 46.6. The smallest absolute Gasteiger partial charge is 0.250 e. The van der Waals surface area contributed by atoms with Gasteiger partial charge in [-0.15, -0.1) is 0 Å². The number of carbonyl (C=O) groups excluding carboxylic acids is 2. The number of ether oxygens (including phenoxy) is 5. The third-order valence-electron chi connectivity index (χ3n) is 12.2. The molecular formula is C51H64N6O8.